The zero-order valence-corrected chi connectivity index (χ0v) is 7.39. The average molecular weight is 146 g/mol. The van der Waals surface area contributed by atoms with Crippen LogP contribution in [0.2, 0.25) is 0 Å². The highest BCUT2D eigenvalue weighted by Crippen LogP contribution is 2.09. The van der Waals surface area contributed by atoms with Crippen LogP contribution in [0, 0.1) is 5.92 Å². The molecule has 0 radical (unpaired) electrons. The summed E-state index contributed by atoms with van der Waals surface area (Å²) in [5.74, 6) is 0.583. The number of hydrogen-bond donors (Lipinski definition) is 0. The molecule has 10 heavy (non-hydrogen) atoms. The van der Waals surface area contributed by atoms with Crippen molar-refractivity contribution >= 4 is 0 Å². The third-order valence-electron chi connectivity index (χ3n) is 1.55. The van der Waals surface area contributed by atoms with Crippen LogP contribution in [0.1, 0.15) is 27.2 Å². The van der Waals surface area contributed by atoms with Gasteiger partial charge in [0, 0.05) is 7.11 Å². The van der Waals surface area contributed by atoms with Gasteiger partial charge in [-0.05, 0) is 12.3 Å². The summed E-state index contributed by atoms with van der Waals surface area (Å²) in [7, 11) is 1.65. The molecule has 0 spiro atoms. The normalized spacial score (nSPS) is 14.1. The Morgan fingerprint density at radius 3 is 2.20 bits per heavy atom. The molecule has 0 fully saturated rings. The van der Waals surface area contributed by atoms with E-state index in [1.54, 1.807) is 7.11 Å². The maximum absolute atomic E-state index is 5.38. The van der Waals surface area contributed by atoms with Crippen molar-refractivity contribution in [1.29, 1.82) is 0 Å². The molecule has 0 saturated heterocycles. The van der Waals surface area contributed by atoms with Crippen LogP contribution in [-0.4, -0.2) is 20.0 Å². The molecule has 0 aromatic carbocycles. The van der Waals surface area contributed by atoms with Crippen molar-refractivity contribution in [2.75, 3.05) is 13.9 Å². The molecule has 1 unspecified atom stereocenters. The molecule has 2 heteroatoms. The Morgan fingerprint density at radius 1 is 1.30 bits per heavy atom. The van der Waals surface area contributed by atoms with Crippen LogP contribution in [0.4, 0.5) is 0 Å². The molecule has 62 valence electrons. The highest BCUT2D eigenvalue weighted by molar-refractivity contribution is 4.58. The zero-order valence-electron chi connectivity index (χ0n) is 7.39. The zero-order chi connectivity index (χ0) is 7.98. The van der Waals surface area contributed by atoms with E-state index in [4.69, 9.17) is 9.47 Å². The quantitative estimate of drug-likeness (QED) is 0.552. The third-order valence-corrected chi connectivity index (χ3v) is 1.55. The predicted octanol–water partition coefficient (Wildman–Crippen LogP) is 2.04. The van der Waals surface area contributed by atoms with Gasteiger partial charge >= 0.3 is 0 Å². The molecule has 0 rings (SSSR count). The highest BCUT2D eigenvalue weighted by Gasteiger charge is 2.09. The lowest BCUT2D eigenvalue weighted by atomic mass is 10.1. The largest absolute Gasteiger partial charge is 0.359 e. The molecule has 0 amide bonds. The van der Waals surface area contributed by atoms with Gasteiger partial charge in [-0.2, -0.15) is 0 Å². The first kappa shape index (κ1) is 9.92. The third kappa shape index (κ3) is 3.85. The molecule has 0 bridgehead atoms. The van der Waals surface area contributed by atoms with Gasteiger partial charge in [-0.15, -0.1) is 0 Å². The standard InChI is InChI=1S/C8H18O2/c1-5-8(7(2)3)10-6-9-4/h7-8H,5-6H2,1-4H3. The second-order valence-electron chi connectivity index (χ2n) is 2.76. The van der Waals surface area contributed by atoms with E-state index in [2.05, 4.69) is 20.8 Å². The van der Waals surface area contributed by atoms with Crippen molar-refractivity contribution in [3.63, 3.8) is 0 Å². The molecule has 0 heterocycles. The summed E-state index contributed by atoms with van der Waals surface area (Å²) in [5, 5.41) is 0. The lowest BCUT2D eigenvalue weighted by Gasteiger charge is -2.18. The fraction of sp³-hybridized carbons (Fsp3) is 1.00. The Labute approximate surface area is 63.5 Å². The van der Waals surface area contributed by atoms with Crippen LogP contribution >= 0.6 is 0 Å². The first-order valence-electron chi connectivity index (χ1n) is 3.82. The second kappa shape index (κ2) is 5.69. The van der Waals surface area contributed by atoms with Gasteiger partial charge in [-0.3, -0.25) is 0 Å². The summed E-state index contributed by atoms with van der Waals surface area (Å²) in [5.41, 5.74) is 0. The summed E-state index contributed by atoms with van der Waals surface area (Å²) >= 11 is 0. The van der Waals surface area contributed by atoms with Gasteiger partial charge in [0.25, 0.3) is 0 Å². The summed E-state index contributed by atoms with van der Waals surface area (Å²) in [4.78, 5) is 0. The van der Waals surface area contributed by atoms with Crippen molar-refractivity contribution in [3.05, 3.63) is 0 Å². The molecular formula is C8H18O2. The minimum Gasteiger partial charge on any atom is -0.359 e. The van der Waals surface area contributed by atoms with E-state index < -0.39 is 0 Å². The van der Waals surface area contributed by atoms with Crippen molar-refractivity contribution in [2.45, 2.75) is 33.3 Å². The highest BCUT2D eigenvalue weighted by atomic mass is 16.7. The van der Waals surface area contributed by atoms with Crippen LogP contribution in [0.5, 0.6) is 0 Å². The molecule has 0 aliphatic rings. The summed E-state index contributed by atoms with van der Waals surface area (Å²) in [6.45, 7) is 6.85. The van der Waals surface area contributed by atoms with E-state index in [9.17, 15) is 0 Å². The van der Waals surface area contributed by atoms with Crippen LogP contribution in [0.25, 0.3) is 0 Å². The topological polar surface area (TPSA) is 18.5 Å². The minimum absolute atomic E-state index is 0.347. The fourth-order valence-electron chi connectivity index (χ4n) is 0.937. The van der Waals surface area contributed by atoms with Crippen LogP contribution in [0.15, 0.2) is 0 Å². The lowest BCUT2D eigenvalue weighted by molar-refractivity contribution is -0.0874. The van der Waals surface area contributed by atoms with Crippen molar-refractivity contribution in [2.24, 2.45) is 5.92 Å². The van der Waals surface area contributed by atoms with E-state index in [0.29, 0.717) is 18.8 Å². The van der Waals surface area contributed by atoms with Gasteiger partial charge in [0.1, 0.15) is 6.79 Å². The van der Waals surface area contributed by atoms with Gasteiger partial charge < -0.3 is 9.47 Å². The lowest BCUT2D eigenvalue weighted by Crippen LogP contribution is -2.19. The van der Waals surface area contributed by atoms with Crippen LogP contribution in [-0.2, 0) is 9.47 Å². The smallest absolute Gasteiger partial charge is 0.146 e. The molecule has 0 aliphatic carbocycles. The van der Waals surface area contributed by atoms with Crippen molar-refractivity contribution in [1.82, 2.24) is 0 Å². The maximum Gasteiger partial charge on any atom is 0.146 e. The van der Waals surface area contributed by atoms with E-state index in [0.717, 1.165) is 6.42 Å². The van der Waals surface area contributed by atoms with Gasteiger partial charge in [-0.1, -0.05) is 20.8 Å². The Kier molecular flexibility index (Phi) is 5.64. The van der Waals surface area contributed by atoms with Crippen LogP contribution in [0.3, 0.4) is 0 Å². The Bertz CT molecular complexity index is 71.7. The van der Waals surface area contributed by atoms with Gasteiger partial charge in [0.05, 0.1) is 6.10 Å². The van der Waals surface area contributed by atoms with Gasteiger partial charge in [0.2, 0.25) is 0 Å². The Morgan fingerprint density at radius 2 is 1.90 bits per heavy atom. The van der Waals surface area contributed by atoms with Crippen molar-refractivity contribution in [3.8, 4) is 0 Å². The van der Waals surface area contributed by atoms with E-state index in [-0.39, 0.29) is 0 Å². The molecule has 0 aromatic rings. The fourth-order valence-corrected chi connectivity index (χ4v) is 0.937. The predicted molar refractivity (Wildman–Crippen MR) is 41.9 cm³/mol. The molecule has 0 aliphatic heterocycles. The summed E-state index contributed by atoms with van der Waals surface area (Å²) < 4.78 is 10.2. The maximum atomic E-state index is 5.38. The van der Waals surface area contributed by atoms with E-state index in [1.165, 1.54) is 0 Å². The first-order chi connectivity index (χ1) is 4.72. The molecule has 0 N–H and O–H groups in total. The average Bonchev–Trinajstić information content (AvgIpc) is 1.89. The number of rotatable bonds is 5. The minimum atomic E-state index is 0.347. The SMILES string of the molecule is CCC(OCOC)C(C)C. The van der Waals surface area contributed by atoms with Gasteiger partial charge in [0.15, 0.2) is 0 Å². The molecule has 0 aromatic heterocycles. The van der Waals surface area contributed by atoms with Crippen molar-refractivity contribution < 1.29 is 9.47 Å². The molecular weight excluding hydrogens is 128 g/mol. The summed E-state index contributed by atoms with van der Waals surface area (Å²) in [6.07, 6.45) is 1.40. The van der Waals surface area contributed by atoms with E-state index >= 15 is 0 Å². The molecule has 1 atom stereocenters. The number of hydrogen-bond acceptors (Lipinski definition) is 2. The second-order valence-corrected chi connectivity index (χ2v) is 2.76. The monoisotopic (exact) mass is 146 g/mol. The molecule has 0 saturated carbocycles. The Hall–Kier alpha value is -0.0800. The number of ether oxygens (including phenoxy) is 2. The van der Waals surface area contributed by atoms with Gasteiger partial charge in [-0.25, -0.2) is 0 Å². The van der Waals surface area contributed by atoms with E-state index in [1.807, 2.05) is 0 Å². The Balaban J connectivity index is 3.40. The summed E-state index contributed by atoms with van der Waals surface area (Å²) in [6, 6.07) is 0. The van der Waals surface area contributed by atoms with Crippen LogP contribution < -0.4 is 0 Å². The molecule has 2 nitrogen and oxygen atoms in total. The number of methoxy groups -OCH3 is 1. The first-order valence-corrected chi connectivity index (χ1v) is 3.82.